The van der Waals surface area contributed by atoms with Crippen LogP contribution in [0.1, 0.15) is 36.0 Å². The molecule has 2 heteroatoms. The number of fused-ring (bicyclic) bond motifs is 3. The lowest BCUT2D eigenvalue weighted by atomic mass is 9.76. The van der Waals surface area contributed by atoms with E-state index in [2.05, 4.69) is 48.2 Å². The van der Waals surface area contributed by atoms with E-state index >= 15 is 0 Å². The molecular weight excluding hydrogens is 270 g/mol. The summed E-state index contributed by atoms with van der Waals surface area (Å²) in [4.78, 5) is 14.9. The van der Waals surface area contributed by atoms with E-state index in [0.29, 0.717) is 17.9 Å². The Morgan fingerprint density at radius 1 is 1.05 bits per heavy atom. The molecule has 1 aliphatic heterocycles. The zero-order valence-corrected chi connectivity index (χ0v) is 12.9. The molecule has 4 rings (SSSR count). The van der Waals surface area contributed by atoms with Gasteiger partial charge in [0.15, 0.2) is 0 Å². The quantitative estimate of drug-likeness (QED) is 0.825. The van der Waals surface area contributed by atoms with Gasteiger partial charge < -0.3 is 4.90 Å². The lowest BCUT2D eigenvalue weighted by Gasteiger charge is -2.33. The highest BCUT2D eigenvalue weighted by Gasteiger charge is 2.47. The number of carbonyl (C=O) groups excluding carboxylic acids is 1. The van der Waals surface area contributed by atoms with Crippen molar-refractivity contribution in [2.45, 2.75) is 38.3 Å². The molecule has 112 valence electrons. The highest BCUT2D eigenvalue weighted by Crippen LogP contribution is 2.45. The van der Waals surface area contributed by atoms with E-state index in [9.17, 15) is 4.79 Å². The molecule has 2 aliphatic rings. The summed E-state index contributed by atoms with van der Waals surface area (Å²) in [7, 11) is 0. The highest BCUT2D eigenvalue weighted by atomic mass is 16.2. The first kappa shape index (κ1) is 13.6. The van der Waals surface area contributed by atoms with E-state index in [1.54, 1.807) is 0 Å². The molecule has 0 saturated carbocycles. The minimum atomic E-state index is 0.0927. The Hall–Kier alpha value is -2.09. The standard InChI is InChI=1S/C20H21NO/c1-14-19-17-10-6-5-9-16(17)11-12-18(19)21(20(14)22)13-15-7-3-2-4-8-15/h2-10,14,18-19H,11-13H2,1H3/t14-,18-,19+/m1/s1. The molecule has 0 radical (unpaired) electrons. The molecular formula is C20H21NO. The summed E-state index contributed by atoms with van der Waals surface area (Å²) >= 11 is 0. The van der Waals surface area contributed by atoms with Crippen molar-refractivity contribution in [3.63, 3.8) is 0 Å². The van der Waals surface area contributed by atoms with Gasteiger partial charge >= 0.3 is 0 Å². The summed E-state index contributed by atoms with van der Waals surface area (Å²) in [5, 5.41) is 0. The van der Waals surface area contributed by atoms with Gasteiger partial charge in [0, 0.05) is 24.4 Å². The van der Waals surface area contributed by atoms with E-state index in [1.165, 1.54) is 16.7 Å². The summed E-state index contributed by atoms with van der Waals surface area (Å²) in [5.74, 6) is 0.770. The molecule has 1 fully saturated rings. The Labute approximate surface area is 131 Å². The summed E-state index contributed by atoms with van der Waals surface area (Å²) < 4.78 is 0. The average Bonchev–Trinajstić information content (AvgIpc) is 2.81. The Balaban J connectivity index is 1.68. The molecule has 2 aromatic carbocycles. The van der Waals surface area contributed by atoms with Gasteiger partial charge in [-0.05, 0) is 29.5 Å². The fourth-order valence-corrected chi connectivity index (χ4v) is 4.28. The van der Waals surface area contributed by atoms with E-state index in [1.807, 2.05) is 18.2 Å². The number of likely N-dealkylation sites (tertiary alicyclic amines) is 1. The Morgan fingerprint density at radius 3 is 2.59 bits per heavy atom. The lowest BCUT2D eigenvalue weighted by molar-refractivity contribution is -0.132. The van der Waals surface area contributed by atoms with Gasteiger partial charge in [-0.1, -0.05) is 61.5 Å². The SMILES string of the molecule is C[C@H]1C(=O)N(Cc2ccccc2)[C@@H]2CCc3ccccc3[C@@H]21. The van der Waals surface area contributed by atoms with Crippen LogP contribution in [-0.2, 0) is 17.8 Å². The predicted octanol–water partition coefficient (Wildman–Crippen LogP) is 3.76. The van der Waals surface area contributed by atoms with E-state index in [4.69, 9.17) is 0 Å². The smallest absolute Gasteiger partial charge is 0.226 e. The second-order valence-corrected chi connectivity index (χ2v) is 6.57. The van der Waals surface area contributed by atoms with Gasteiger partial charge in [-0.2, -0.15) is 0 Å². The molecule has 1 amide bonds. The van der Waals surface area contributed by atoms with Gasteiger partial charge in [-0.25, -0.2) is 0 Å². The molecule has 1 aliphatic carbocycles. The van der Waals surface area contributed by atoms with E-state index in [0.717, 1.165) is 19.4 Å². The van der Waals surface area contributed by atoms with Crippen LogP contribution in [0.4, 0.5) is 0 Å². The number of amides is 1. The maximum absolute atomic E-state index is 12.8. The fraction of sp³-hybridized carbons (Fsp3) is 0.350. The minimum absolute atomic E-state index is 0.0927. The van der Waals surface area contributed by atoms with Gasteiger partial charge in [0.2, 0.25) is 5.91 Å². The third kappa shape index (κ3) is 2.06. The van der Waals surface area contributed by atoms with Crippen LogP contribution < -0.4 is 0 Å². The molecule has 0 spiro atoms. The Bertz CT molecular complexity index is 694. The molecule has 2 nitrogen and oxygen atoms in total. The number of nitrogens with zero attached hydrogens (tertiary/aromatic N) is 1. The largest absolute Gasteiger partial charge is 0.334 e. The summed E-state index contributed by atoms with van der Waals surface area (Å²) in [6.45, 7) is 2.85. The summed E-state index contributed by atoms with van der Waals surface area (Å²) in [6, 6.07) is 19.4. The molecule has 0 bridgehead atoms. The predicted molar refractivity (Wildman–Crippen MR) is 87.4 cm³/mol. The van der Waals surface area contributed by atoms with Crippen molar-refractivity contribution in [2.75, 3.05) is 0 Å². The molecule has 22 heavy (non-hydrogen) atoms. The van der Waals surface area contributed by atoms with Crippen molar-refractivity contribution in [1.82, 2.24) is 4.90 Å². The normalized spacial score (nSPS) is 26.7. The maximum Gasteiger partial charge on any atom is 0.226 e. The van der Waals surface area contributed by atoms with Crippen molar-refractivity contribution in [1.29, 1.82) is 0 Å². The van der Waals surface area contributed by atoms with E-state index in [-0.39, 0.29) is 5.92 Å². The van der Waals surface area contributed by atoms with Gasteiger partial charge in [-0.3, -0.25) is 4.79 Å². The molecule has 2 aromatic rings. The fourth-order valence-electron chi connectivity index (χ4n) is 4.28. The second kappa shape index (κ2) is 5.28. The minimum Gasteiger partial charge on any atom is -0.334 e. The monoisotopic (exact) mass is 291 g/mol. The van der Waals surface area contributed by atoms with Gasteiger partial charge in [-0.15, -0.1) is 0 Å². The highest BCUT2D eigenvalue weighted by molar-refractivity contribution is 5.83. The van der Waals surface area contributed by atoms with Crippen LogP contribution in [0.5, 0.6) is 0 Å². The number of benzene rings is 2. The van der Waals surface area contributed by atoms with Crippen molar-refractivity contribution >= 4 is 5.91 Å². The molecule has 0 N–H and O–H groups in total. The molecule has 1 heterocycles. The first-order valence-electron chi connectivity index (χ1n) is 8.18. The topological polar surface area (TPSA) is 20.3 Å². The van der Waals surface area contributed by atoms with Crippen LogP contribution in [0.15, 0.2) is 54.6 Å². The molecule has 0 unspecified atom stereocenters. The number of aryl methyl sites for hydroxylation is 1. The van der Waals surface area contributed by atoms with Crippen molar-refractivity contribution in [3.05, 3.63) is 71.3 Å². The number of hydrogen-bond acceptors (Lipinski definition) is 1. The Kier molecular flexibility index (Phi) is 3.25. The number of rotatable bonds is 2. The van der Waals surface area contributed by atoms with Crippen LogP contribution >= 0.6 is 0 Å². The zero-order chi connectivity index (χ0) is 15.1. The second-order valence-electron chi connectivity index (χ2n) is 6.57. The van der Waals surface area contributed by atoms with E-state index < -0.39 is 0 Å². The molecule has 3 atom stereocenters. The molecule has 0 aromatic heterocycles. The van der Waals surface area contributed by atoms with Gasteiger partial charge in [0.05, 0.1) is 0 Å². The Morgan fingerprint density at radius 2 is 1.77 bits per heavy atom. The van der Waals surface area contributed by atoms with Gasteiger partial charge in [0.25, 0.3) is 0 Å². The van der Waals surface area contributed by atoms with Crippen molar-refractivity contribution in [2.24, 2.45) is 5.92 Å². The lowest BCUT2D eigenvalue weighted by Crippen LogP contribution is -2.36. The van der Waals surface area contributed by atoms with Crippen LogP contribution in [0.2, 0.25) is 0 Å². The maximum atomic E-state index is 12.8. The first-order chi connectivity index (χ1) is 10.8. The summed E-state index contributed by atoms with van der Waals surface area (Å²) in [5.41, 5.74) is 4.06. The molecule has 1 saturated heterocycles. The number of hydrogen-bond donors (Lipinski definition) is 0. The number of carbonyl (C=O) groups is 1. The first-order valence-corrected chi connectivity index (χ1v) is 8.18. The van der Waals surface area contributed by atoms with Gasteiger partial charge in [0.1, 0.15) is 0 Å². The van der Waals surface area contributed by atoms with Crippen molar-refractivity contribution in [3.8, 4) is 0 Å². The van der Waals surface area contributed by atoms with Crippen LogP contribution in [0, 0.1) is 5.92 Å². The van der Waals surface area contributed by atoms with Crippen molar-refractivity contribution < 1.29 is 4.79 Å². The van der Waals surface area contributed by atoms with Crippen LogP contribution in [0.25, 0.3) is 0 Å². The third-order valence-electron chi connectivity index (χ3n) is 5.35. The zero-order valence-electron chi connectivity index (χ0n) is 12.9. The van der Waals surface area contributed by atoms with Crippen LogP contribution in [-0.4, -0.2) is 16.8 Å². The third-order valence-corrected chi connectivity index (χ3v) is 5.35. The average molecular weight is 291 g/mol. The summed E-state index contributed by atoms with van der Waals surface area (Å²) in [6.07, 6.45) is 2.17. The van der Waals surface area contributed by atoms with Crippen LogP contribution in [0.3, 0.4) is 0 Å².